The number of carboxylic acid groups (broad SMARTS) is 1. The first-order valence-corrected chi connectivity index (χ1v) is 7.47. The highest BCUT2D eigenvalue weighted by Crippen LogP contribution is 2.18. The Morgan fingerprint density at radius 3 is 2.38 bits per heavy atom. The van der Waals surface area contributed by atoms with E-state index in [0.717, 1.165) is 10.4 Å². The number of rotatable bonds is 5. The van der Waals surface area contributed by atoms with Crippen LogP contribution in [0.4, 0.5) is 5.69 Å². The molecule has 2 rings (SSSR count). The fourth-order valence-corrected chi connectivity index (χ4v) is 2.68. The highest BCUT2D eigenvalue weighted by molar-refractivity contribution is 7.14. The summed E-state index contributed by atoms with van der Waals surface area (Å²) in [6.45, 7) is 3.64. The topological polar surface area (TPSA) is 66.4 Å². The Morgan fingerprint density at radius 2 is 1.86 bits per heavy atom. The van der Waals surface area contributed by atoms with Crippen molar-refractivity contribution in [3.8, 4) is 0 Å². The van der Waals surface area contributed by atoms with Gasteiger partial charge in [-0.05, 0) is 43.2 Å². The lowest BCUT2D eigenvalue weighted by Crippen LogP contribution is -2.12. The van der Waals surface area contributed by atoms with E-state index in [9.17, 15) is 9.59 Å². The molecule has 110 valence electrons. The largest absolute Gasteiger partial charge is 0.481 e. The molecule has 4 nitrogen and oxygen atoms in total. The molecule has 1 atom stereocenters. The number of anilines is 1. The zero-order chi connectivity index (χ0) is 15.4. The zero-order valence-electron chi connectivity index (χ0n) is 11.9. The standard InChI is InChI=1S/C16H17NO3S/c1-10(16(19)20)9-12-4-6-13(7-5-12)17-15(18)14-8-3-11(2)21-14/h3-8,10H,9H2,1-2H3,(H,17,18)(H,19,20). The van der Waals surface area contributed by atoms with Gasteiger partial charge in [0, 0.05) is 10.6 Å². The van der Waals surface area contributed by atoms with Gasteiger partial charge in [-0.3, -0.25) is 9.59 Å². The average Bonchev–Trinajstić information content (AvgIpc) is 2.87. The van der Waals surface area contributed by atoms with Crippen molar-refractivity contribution in [3.63, 3.8) is 0 Å². The van der Waals surface area contributed by atoms with Gasteiger partial charge in [0.05, 0.1) is 10.8 Å². The molecule has 1 aromatic carbocycles. The molecule has 0 radical (unpaired) electrons. The maximum Gasteiger partial charge on any atom is 0.306 e. The minimum absolute atomic E-state index is 0.125. The molecule has 0 bridgehead atoms. The average molecular weight is 303 g/mol. The van der Waals surface area contributed by atoms with Gasteiger partial charge in [-0.25, -0.2) is 0 Å². The van der Waals surface area contributed by atoms with E-state index in [2.05, 4.69) is 5.32 Å². The van der Waals surface area contributed by atoms with E-state index >= 15 is 0 Å². The van der Waals surface area contributed by atoms with Crippen molar-refractivity contribution in [3.05, 3.63) is 51.7 Å². The molecule has 0 aliphatic carbocycles. The fourth-order valence-electron chi connectivity index (χ4n) is 1.91. The molecule has 0 spiro atoms. The van der Waals surface area contributed by atoms with E-state index < -0.39 is 11.9 Å². The maximum atomic E-state index is 12.0. The summed E-state index contributed by atoms with van der Waals surface area (Å²) in [5, 5.41) is 11.7. The van der Waals surface area contributed by atoms with Crippen LogP contribution in [0.1, 0.15) is 27.0 Å². The van der Waals surface area contributed by atoms with Crippen molar-refractivity contribution in [1.82, 2.24) is 0 Å². The Labute approximate surface area is 127 Å². The van der Waals surface area contributed by atoms with Gasteiger partial charge in [0.2, 0.25) is 0 Å². The summed E-state index contributed by atoms with van der Waals surface area (Å²) in [5.74, 6) is -1.35. The van der Waals surface area contributed by atoms with Gasteiger partial charge in [-0.1, -0.05) is 19.1 Å². The monoisotopic (exact) mass is 303 g/mol. The van der Waals surface area contributed by atoms with Crippen LogP contribution in [0.3, 0.4) is 0 Å². The summed E-state index contributed by atoms with van der Waals surface area (Å²) in [7, 11) is 0. The molecule has 0 aliphatic rings. The first kappa shape index (κ1) is 15.3. The second-order valence-corrected chi connectivity index (χ2v) is 6.29. The first-order valence-electron chi connectivity index (χ1n) is 6.65. The number of carbonyl (C=O) groups is 2. The summed E-state index contributed by atoms with van der Waals surface area (Å²) < 4.78 is 0. The molecule has 0 fully saturated rings. The highest BCUT2D eigenvalue weighted by Gasteiger charge is 2.12. The van der Waals surface area contributed by atoms with Gasteiger partial charge in [0.25, 0.3) is 5.91 Å². The second kappa shape index (κ2) is 6.54. The van der Waals surface area contributed by atoms with Crippen molar-refractivity contribution in [2.24, 2.45) is 5.92 Å². The third-order valence-electron chi connectivity index (χ3n) is 3.14. The summed E-state index contributed by atoms with van der Waals surface area (Å²) in [6, 6.07) is 11.0. The van der Waals surface area contributed by atoms with Crippen LogP contribution in [-0.4, -0.2) is 17.0 Å². The molecule has 2 aromatic rings. The molecule has 21 heavy (non-hydrogen) atoms. The van der Waals surface area contributed by atoms with E-state index in [0.29, 0.717) is 17.0 Å². The number of thiophene rings is 1. The molecule has 5 heteroatoms. The van der Waals surface area contributed by atoms with Gasteiger partial charge in [-0.15, -0.1) is 11.3 Å². The lowest BCUT2D eigenvalue weighted by atomic mass is 10.0. The molecule has 2 N–H and O–H groups in total. The van der Waals surface area contributed by atoms with E-state index in [1.54, 1.807) is 25.1 Å². The zero-order valence-corrected chi connectivity index (χ0v) is 12.7. The van der Waals surface area contributed by atoms with Crippen LogP contribution in [0.2, 0.25) is 0 Å². The predicted octanol–water partition coefficient (Wildman–Crippen LogP) is 3.57. The third-order valence-corrected chi connectivity index (χ3v) is 4.14. The SMILES string of the molecule is Cc1ccc(C(=O)Nc2ccc(CC(C)C(=O)O)cc2)s1. The summed E-state index contributed by atoms with van der Waals surface area (Å²) in [6.07, 6.45) is 0.480. The molecule has 1 aromatic heterocycles. The normalized spacial score (nSPS) is 11.9. The first-order chi connectivity index (χ1) is 9.95. The van der Waals surface area contributed by atoms with Crippen molar-refractivity contribution < 1.29 is 14.7 Å². The number of nitrogens with one attached hydrogen (secondary N) is 1. The minimum Gasteiger partial charge on any atom is -0.481 e. The van der Waals surface area contributed by atoms with Crippen LogP contribution >= 0.6 is 11.3 Å². The summed E-state index contributed by atoms with van der Waals surface area (Å²) in [5.41, 5.74) is 1.65. The van der Waals surface area contributed by atoms with Crippen LogP contribution in [0.5, 0.6) is 0 Å². The lowest BCUT2D eigenvalue weighted by Gasteiger charge is -2.08. The van der Waals surface area contributed by atoms with Crippen molar-refractivity contribution >= 4 is 28.9 Å². The van der Waals surface area contributed by atoms with E-state index in [-0.39, 0.29) is 5.91 Å². The number of benzene rings is 1. The Bertz CT molecular complexity index is 646. The van der Waals surface area contributed by atoms with Crippen LogP contribution in [0.15, 0.2) is 36.4 Å². The predicted molar refractivity (Wildman–Crippen MR) is 84.0 cm³/mol. The van der Waals surface area contributed by atoms with E-state index in [1.807, 2.05) is 25.1 Å². The molecular weight excluding hydrogens is 286 g/mol. The van der Waals surface area contributed by atoms with Gasteiger partial charge < -0.3 is 10.4 Å². The smallest absolute Gasteiger partial charge is 0.306 e. The van der Waals surface area contributed by atoms with Crippen LogP contribution in [0, 0.1) is 12.8 Å². The second-order valence-electron chi connectivity index (χ2n) is 5.00. The van der Waals surface area contributed by atoms with Crippen molar-refractivity contribution in [2.75, 3.05) is 5.32 Å². The van der Waals surface area contributed by atoms with Gasteiger partial charge in [-0.2, -0.15) is 0 Å². The van der Waals surface area contributed by atoms with E-state index in [4.69, 9.17) is 5.11 Å². The van der Waals surface area contributed by atoms with Gasteiger partial charge in [0.1, 0.15) is 0 Å². The highest BCUT2D eigenvalue weighted by atomic mass is 32.1. The lowest BCUT2D eigenvalue weighted by molar-refractivity contribution is -0.141. The summed E-state index contributed by atoms with van der Waals surface area (Å²) >= 11 is 1.45. The minimum atomic E-state index is -0.805. The Hall–Kier alpha value is -2.14. The molecule has 0 aliphatic heterocycles. The Morgan fingerprint density at radius 1 is 1.19 bits per heavy atom. The molecule has 1 amide bonds. The number of carboxylic acids is 1. The fraction of sp³-hybridized carbons (Fsp3) is 0.250. The molecule has 0 saturated heterocycles. The quantitative estimate of drug-likeness (QED) is 0.887. The Balaban J connectivity index is 1.99. The number of carbonyl (C=O) groups excluding carboxylic acids is 1. The number of amides is 1. The van der Waals surface area contributed by atoms with Crippen LogP contribution in [-0.2, 0) is 11.2 Å². The van der Waals surface area contributed by atoms with Crippen LogP contribution < -0.4 is 5.32 Å². The van der Waals surface area contributed by atoms with E-state index in [1.165, 1.54) is 11.3 Å². The number of hydrogen-bond acceptors (Lipinski definition) is 3. The molecule has 1 heterocycles. The molecule has 1 unspecified atom stereocenters. The summed E-state index contributed by atoms with van der Waals surface area (Å²) in [4.78, 5) is 24.6. The van der Waals surface area contributed by atoms with Crippen LogP contribution in [0.25, 0.3) is 0 Å². The molecule has 0 saturated carbocycles. The maximum absolute atomic E-state index is 12.0. The van der Waals surface area contributed by atoms with Gasteiger partial charge >= 0.3 is 5.97 Å². The van der Waals surface area contributed by atoms with Crippen molar-refractivity contribution in [2.45, 2.75) is 20.3 Å². The van der Waals surface area contributed by atoms with Crippen molar-refractivity contribution in [1.29, 1.82) is 0 Å². The Kier molecular flexibility index (Phi) is 4.75. The number of hydrogen-bond donors (Lipinski definition) is 2. The third kappa shape index (κ3) is 4.16. The number of aryl methyl sites for hydroxylation is 1. The number of aliphatic carboxylic acids is 1. The molecular formula is C16H17NO3S. The van der Waals surface area contributed by atoms with Gasteiger partial charge in [0.15, 0.2) is 0 Å².